The molecule has 0 aromatic carbocycles. The van der Waals surface area contributed by atoms with E-state index in [-0.39, 0.29) is 18.6 Å². The molecule has 0 saturated carbocycles. The van der Waals surface area contributed by atoms with E-state index in [4.69, 9.17) is 10.4 Å². The maximum Gasteiger partial charge on any atom is 0.264 e. The number of thiophene rings is 1. The molecule has 0 fully saturated rings. The summed E-state index contributed by atoms with van der Waals surface area (Å²) in [5.41, 5.74) is 0.970. The average molecular weight is 304 g/mol. The first-order chi connectivity index (χ1) is 10.0. The Bertz CT molecular complexity index is 588. The molecule has 1 rings (SSSR count). The van der Waals surface area contributed by atoms with Gasteiger partial charge in [-0.1, -0.05) is 11.8 Å². The molecule has 0 spiro atoms. The lowest BCUT2D eigenvalue weighted by molar-refractivity contribution is 0.0715. The predicted molar refractivity (Wildman–Crippen MR) is 84.0 cm³/mol. The van der Waals surface area contributed by atoms with Crippen LogP contribution < -0.4 is 0 Å². The quantitative estimate of drug-likeness (QED) is 0.850. The first-order valence-electron chi connectivity index (χ1n) is 6.89. The minimum absolute atomic E-state index is 0.0402. The van der Waals surface area contributed by atoms with E-state index in [1.807, 2.05) is 26.8 Å². The number of hydrogen-bond donors (Lipinski definition) is 1. The topological polar surface area (TPSA) is 64.3 Å². The van der Waals surface area contributed by atoms with E-state index in [1.54, 1.807) is 4.90 Å². The van der Waals surface area contributed by atoms with Crippen LogP contribution in [-0.4, -0.2) is 35.1 Å². The molecule has 0 radical (unpaired) electrons. The molecule has 0 aliphatic carbocycles. The summed E-state index contributed by atoms with van der Waals surface area (Å²) in [7, 11) is 0. The number of nitriles is 1. The molecule has 1 aromatic rings. The summed E-state index contributed by atoms with van der Waals surface area (Å²) in [6, 6.07) is 3.97. The van der Waals surface area contributed by atoms with Crippen LogP contribution in [0.2, 0.25) is 0 Å². The number of carbonyl (C=O) groups excluding carboxylic acids is 1. The fourth-order valence-electron chi connectivity index (χ4n) is 1.82. The lowest BCUT2D eigenvalue weighted by Crippen LogP contribution is -2.37. The summed E-state index contributed by atoms with van der Waals surface area (Å²) < 4.78 is 0. The zero-order valence-electron chi connectivity index (χ0n) is 12.6. The van der Waals surface area contributed by atoms with Crippen molar-refractivity contribution in [1.29, 1.82) is 5.26 Å². The molecule has 0 aliphatic rings. The van der Waals surface area contributed by atoms with Crippen LogP contribution >= 0.6 is 11.3 Å². The second kappa shape index (κ2) is 8.46. The van der Waals surface area contributed by atoms with Gasteiger partial charge in [0.25, 0.3) is 5.91 Å². The van der Waals surface area contributed by atoms with Crippen molar-refractivity contribution in [2.45, 2.75) is 39.7 Å². The Hall–Kier alpha value is -1.82. The molecule has 0 atom stereocenters. The summed E-state index contributed by atoms with van der Waals surface area (Å²) in [6.07, 6.45) is 0.762. The Kier molecular flexibility index (Phi) is 6.94. The zero-order valence-corrected chi connectivity index (χ0v) is 13.5. The zero-order chi connectivity index (χ0) is 15.8. The van der Waals surface area contributed by atoms with Gasteiger partial charge in [0.05, 0.1) is 28.9 Å². The van der Waals surface area contributed by atoms with Gasteiger partial charge in [-0.05, 0) is 32.4 Å². The van der Waals surface area contributed by atoms with Gasteiger partial charge in [-0.15, -0.1) is 11.3 Å². The monoisotopic (exact) mass is 304 g/mol. The Balaban J connectivity index is 2.94. The fraction of sp³-hybridized carbons (Fsp3) is 0.500. The third kappa shape index (κ3) is 4.90. The molecule has 1 amide bonds. The van der Waals surface area contributed by atoms with Crippen LogP contribution in [0.5, 0.6) is 0 Å². The summed E-state index contributed by atoms with van der Waals surface area (Å²) in [4.78, 5) is 15.7. The highest BCUT2D eigenvalue weighted by Gasteiger charge is 2.20. The lowest BCUT2D eigenvalue weighted by atomic mass is 10.2. The highest BCUT2D eigenvalue weighted by Crippen LogP contribution is 2.23. The Morgan fingerprint density at radius 2 is 2.19 bits per heavy atom. The van der Waals surface area contributed by atoms with Gasteiger partial charge in [0.2, 0.25) is 0 Å². The second-order valence-electron chi connectivity index (χ2n) is 4.90. The molecular formula is C16H20N2O2S. The molecule has 1 N–H and O–H groups in total. The lowest BCUT2D eigenvalue weighted by Gasteiger charge is -2.25. The molecule has 0 aliphatic heterocycles. The maximum atomic E-state index is 12.5. The van der Waals surface area contributed by atoms with Crippen LogP contribution in [0, 0.1) is 30.1 Å². The Labute approximate surface area is 130 Å². The van der Waals surface area contributed by atoms with Crippen molar-refractivity contribution in [3.63, 3.8) is 0 Å². The smallest absolute Gasteiger partial charge is 0.264 e. The summed E-state index contributed by atoms with van der Waals surface area (Å²) in [5, 5.41) is 17.4. The van der Waals surface area contributed by atoms with Gasteiger partial charge in [0, 0.05) is 19.0 Å². The highest BCUT2D eigenvalue weighted by molar-refractivity contribution is 7.14. The van der Waals surface area contributed by atoms with E-state index in [9.17, 15) is 4.79 Å². The van der Waals surface area contributed by atoms with Gasteiger partial charge in [-0.2, -0.15) is 5.26 Å². The first-order valence-corrected chi connectivity index (χ1v) is 7.71. The summed E-state index contributed by atoms with van der Waals surface area (Å²) in [6.45, 7) is 6.29. The highest BCUT2D eigenvalue weighted by atomic mass is 32.1. The number of carbonyl (C=O) groups is 1. The minimum atomic E-state index is -0.0523. The largest absolute Gasteiger partial charge is 0.395 e. The SMILES string of the molecule is Cc1cc(C(=O)N(CCC#N)C(C)C)sc1C#CCCO. The van der Waals surface area contributed by atoms with Gasteiger partial charge in [-0.25, -0.2) is 0 Å². The van der Waals surface area contributed by atoms with Crippen LogP contribution in [0.15, 0.2) is 6.07 Å². The van der Waals surface area contributed by atoms with Gasteiger partial charge in [0.15, 0.2) is 0 Å². The number of hydrogen-bond acceptors (Lipinski definition) is 4. The second-order valence-corrected chi connectivity index (χ2v) is 5.95. The number of amides is 1. The molecule has 4 nitrogen and oxygen atoms in total. The molecule has 5 heteroatoms. The number of aryl methyl sites for hydroxylation is 1. The van der Waals surface area contributed by atoms with Crippen LogP contribution in [0.3, 0.4) is 0 Å². The van der Waals surface area contributed by atoms with E-state index >= 15 is 0 Å². The Morgan fingerprint density at radius 3 is 2.76 bits per heavy atom. The standard InChI is InChI=1S/C16H20N2O2S/c1-12(2)18(9-6-8-17)16(20)15-11-13(3)14(21-15)7-4-5-10-19/h11-12,19H,5-6,9-10H2,1-3H3. The molecule has 0 saturated heterocycles. The molecule has 0 unspecified atom stereocenters. The molecule has 1 heterocycles. The van der Waals surface area contributed by atoms with E-state index < -0.39 is 0 Å². The number of rotatable bonds is 5. The van der Waals surface area contributed by atoms with Crippen LogP contribution in [0.4, 0.5) is 0 Å². The number of aliphatic hydroxyl groups is 1. The third-order valence-corrected chi connectivity index (χ3v) is 4.06. The van der Waals surface area contributed by atoms with Crippen molar-refractivity contribution >= 4 is 17.2 Å². The third-order valence-electron chi connectivity index (χ3n) is 2.92. The summed E-state index contributed by atoms with van der Waals surface area (Å²) >= 11 is 1.37. The number of aliphatic hydroxyl groups excluding tert-OH is 1. The molecular weight excluding hydrogens is 284 g/mol. The van der Waals surface area contributed by atoms with E-state index in [1.165, 1.54) is 11.3 Å². The van der Waals surface area contributed by atoms with Crippen molar-refractivity contribution in [3.8, 4) is 17.9 Å². The first kappa shape index (κ1) is 17.2. The van der Waals surface area contributed by atoms with Gasteiger partial charge < -0.3 is 10.0 Å². The molecule has 21 heavy (non-hydrogen) atoms. The van der Waals surface area contributed by atoms with Crippen molar-refractivity contribution in [1.82, 2.24) is 4.90 Å². The van der Waals surface area contributed by atoms with E-state index in [2.05, 4.69) is 17.9 Å². The molecule has 0 bridgehead atoms. The van der Waals surface area contributed by atoms with Gasteiger partial charge >= 0.3 is 0 Å². The minimum Gasteiger partial charge on any atom is -0.395 e. The summed E-state index contributed by atoms with van der Waals surface area (Å²) in [5.74, 6) is 5.81. The van der Waals surface area contributed by atoms with Crippen LogP contribution in [0.25, 0.3) is 0 Å². The average Bonchev–Trinajstić information content (AvgIpc) is 2.80. The number of nitrogens with zero attached hydrogens (tertiary/aromatic N) is 2. The van der Waals surface area contributed by atoms with Crippen LogP contribution in [-0.2, 0) is 0 Å². The normalized spacial score (nSPS) is 9.90. The predicted octanol–water partition coefficient (Wildman–Crippen LogP) is 2.55. The maximum absolute atomic E-state index is 12.5. The van der Waals surface area contributed by atoms with Gasteiger partial charge in [-0.3, -0.25) is 4.79 Å². The van der Waals surface area contributed by atoms with E-state index in [0.717, 1.165) is 10.4 Å². The van der Waals surface area contributed by atoms with Crippen molar-refractivity contribution in [3.05, 3.63) is 21.4 Å². The van der Waals surface area contributed by atoms with Crippen molar-refractivity contribution < 1.29 is 9.90 Å². The van der Waals surface area contributed by atoms with E-state index in [0.29, 0.717) is 24.3 Å². The van der Waals surface area contributed by atoms with Crippen LogP contribution in [0.1, 0.15) is 46.8 Å². The fourth-order valence-corrected chi connectivity index (χ4v) is 2.82. The Morgan fingerprint density at radius 1 is 1.48 bits per heavy atom. The molecule has 112 valence electrons. The van der Waals surface area contributed by atoms with Crippen molar-refractivity contribution in [2.24, 2.45) is 0 Å². The molecule has 1 aromatic heterocycles. The van der Waals surface area contributed by atoms with Crippen molar-refractivity contribution in [2.75, 3.05) is 13.2 Å². The van der Waals surface area contributed by atoms with Gasteiger partial charge in [0.1, 0.15) is 0 Å².